The number of aryl methyl sites for hydroxylation is 2. The Hall–Kier alpha value is -13.4. The SMILES string of the molecule is CC(C)c1cccc(O)c(=O)c1.CCC(C)c1cccc(O)c(=O)c1.CCCCCCCCCCCCCCc1cccc(O)c(=O)c1.Cc1ccc(-c2cccc(O)c(=O)c2)cc1.O=c1cc(-c2ccccc2)cccc1O.O=c1cc(C2CC2)cccc1O.O=c1cc(C2CCC2)cccc1O.O=c1cc(C2CCCC2)cccc1O.O=c1cc(C2CCCCC2)cccc1O. The zero-order valence-electron chi connectivity index (χ0n) is 77.9. The van der Waals surface area contributed by atoms with Crippen LogP contribution in [0.5, 0.6) is 51.7 Å². The first kappa shape index (κ1) is 107. The molecular formula is C115H134O18. The summed E-state index contributed by atoms with van der Waals surface area (Å²) in [5.41, 5.74) is 9.27. The average Bonchev–Trinajstić information content (AvgIpc) is 1.80. The van der Waals surface area contributed by atoms with Gasteiger partial charge in [-0.3, -0.25) is 43.2 Å². The molecule has 4 fully saturated rings. The van der Waals surface area contributed by atoms with Crippen LogP contribution in [0.1, 0.15) is 288 Å². The molecule has 1 unspecified atom stereocenters. The van der Waals surface area contributed by atoms with Gasteiger partial charge in [-0.2, -0.15) is 0 Å². The van der Waals surface area contributed by atoms with Gasteiger partial charge in [0.2, 0.25) is 48.9 Å². The summed E-state index contributed by atoms with van der Waals surface area (Å²) in [5, 5.41) is 82.9. The minimum atomic E-state index is -0.362. The first-order valence-corrected chi connectivity index (χ1v) is 47.1. The van der Waals surface area contributed by atoms with Crippen molar-refractivity contribution in [2.45, 2.75) is 257 Å². The van der Waals surface area contributed by atoms with E-state index in [0.717, 1.165) is 80.5 Å². The Bertz CT molecular complexity index is 5910. The molecule has 18 nitrogen and oxygen atoms in total. The predicted octanol–water partition coefficient (Wildman–Crippen LogP) is 24.1. The maximum atomic E-state index is 11.5. The van der Waals surface area contributed by atoms with E-state index in [2.05, 4.69) is 20.8 Å². The summed E-state index contributed by atoms with van der Waals surface area (Å²) in [7, 11) is 0. The van der Waals surface area contributed by atoms with Gasteiger partial charge in [0.1, 0.15) is 0 Å². The lowest BCUT2D eigenvalue weighted by Crippen LogP contribution is -2.09. The highest BCUT2D eigenvalue weighted by atomic mass is 16.3. The molecule has 0 aliphatic heterocycles. The molecule has 1 atom stereocenters. The van der Waals surface area contributed by atoms with Crippen LogP contribution in [0, 0.1) is 6.92 Å². The largest absolute Gasteiger partial charge is 0.504 e. The van der Waals surface area contributed by atoms with E-state index in [1.807, 2.05) is 124 Å². The Kier molecular flexibility index (Phi) is 46.9. The highest BCUT2D eigenvalue weighted by molar-refractivity contribution is 5.64. The Balaban J connectivity index is 0.000000206. The summed E-state index contributed by atoms with van der Waals surface area (Å²) in [6.07, 6.45) is 35.0. The molecule has 0 saturated heterocycles. The average molecular weight is 1800 g/mol. The highest BCUT2D eigenvalue weighted by Crippen LogP contribution is 2.40. The summed E-state index contributed by atoms with van der Waals surface area (Å²) >= 11 is 0. The first-order chi connectivity index (χ1) is 64.0. The van der Waals surface area contributed by atoms with Gasteiger partial charge in [-0.1, -0.05) is 313 Å². The van der Waals surface area contributed by atoms with Crippen molar-refractivity contribution in [3.05, 3.63) is 410 Å². The van der Waals surface area contributed by atoms with Gasteiger partial charge in [0.25, 0.3) is 0 Å². The van der Waals surface area contributed by atoms with Crippen LogP contribution < -0.4 is 48.9 Å². The maximum absolute atomic E-state index is 11.5. The number of rotatable bonds is 22. The van der Waals surface area contributed by atoms with Crippen molar-refractivity contribution >= 4 is 0 Å². The molecule has 0 heterocycles. The monoisotopic (exact) mass is 1800 g/mol. The van der Waals surface area contributed by atoms with Gasteiger partial charge in [0, 0.05) is 0 Å². The first-order valence-electron chi connectivity index (χ1n) is 47.1. The second-order valence-electron chi connectivity index (χ2n) is 34.8. The molecular weight excluding hydrogens is 1670 g/mol. The molecule has 0 radical (unpaired) electrons. The van der Waals surface area contributed by atoms with Gasteiger partial charge in [-0.25, -0.2) is 0 Å². The fourth-order valence-electron chi connectivity index (χ4n) is 15.3. The number of unbranched alkanes of at least 4 members (excludes halogenated alkanes) is 11. The van der Waals surface area contributed by atoms with Crippen molar-refractivity contribution in [2.75, 3.05) is 0 Å². The van der Waals surface area contributed by atoms with Crippen LogP contribution in [0.4, 0.5) is 0 Å². The third kappa shape index (κ3) is 39.3. The predicted molar refractivity (Wildman–Crippen MR) is 538 cm³/mol. The molecule has 0 amide bonds. The number of aromatic hydroxyl groups is 9. The molecule has 4 saturated carbocycles. The lowest BCUT2D eigenvalue weighted by Gasteiger charge is -2.24. The normalized spacial score (nSPS) is 13.2. The van der Waals surface area contributed by atoms with E-state index in [1.54, 1.807) is 84.9 Å². The molecule has 0 bridgehead atoms. The van der Waals surface area contributed by atoms with Gasteiger partial charge in [-0.05, 0) is 283 Å². The quantitative estimate of drug-likeness (QED) is 0.0285. The van der Waals surface area contributed by atoms with Crippen molar-refractivity contribution in [2.24, 2.45) is 0 Å². The van der Waals surface area contributed by atoms with Gasteiger partial charge in [0.05, 0.1) is 0 Å². The molecule has 133 heavy (non-hydrogen) atoms. The van der Waals surface area contributed by atoms with Crippen LogP contribution in [0.15, 0.2) is 316 Å². The Morgan fingerprint density at radius 3 is 0.872 bits per heavy atom. The Labute approximate surface area is 781 Å². The molecule has 4 aliphatic carbocycles. The van der Waals surface area contributed by atoms with Gasteiger partial charge in [-0.15, -0.1) is 0 Å². The Morgan fingerprint density at radius 1 is 0.248 bits per heavy atom. The molecule has 4 aliphatic rings. The topological polar surface area (TPSA) is 336 Å². The van der Waals surface area contributed by atoms with Crippen LogP contribution >= 0.6 is 0 Å². The van der Waals surface area contributed by atoms with E-state index in [0.29, 0.717) is 35.5 Å². The zero-order valence-corrected chi connectivity index (χ0v) is 77.9. The standard InChI is InChI=1S/C21H34O2.C14H12O2.C13H16O2.C13H10O2.C12H14O2.C11H12O2.C11H14O2.C10H10O2.C10H12O2/c1-2-3-4-5-6-7-8-9-10-11-12-13-15-19-16-14-17-20(22)21(23)18-19;1-10-5-7-11(8-6-10)12-3-2-4-13(15)14(16)9-12;2*14-12-8-4-7-11(9-13(12)15)10-5-2-1-3-6-10;13-11-7-3-6-10(8-12(11)14)9-4-1-2-5-9;12-10-6-2-5-9(7-11(10)13)8-3-1-4-8;1-3-8(2)9-5-4-6-10(12)11(13)7-9;11-9-3-1-2-8(6-10(9)12)7-4-5-7;1-7(2)8-4-3-5-9(11)10(12)6-8/h14,16-18H,2-13,15H2,1H3,(H,22,23);2-9H,1H3,(H,15,16);4,7-10H,1-3,5-6H2,(H,14,15);1-9H,(H,14,15);3,6-9H,1-2,4-5H2,(H,13,14);2,5-8H,1,3-4H2,(H,12,13);4-8H,3H2,1-2H3,(H,12,13);1-3,6-7H,4-5H2,(H,11,12);3-7H,1-2H3,(H,11,12). The lowest BCUT2D eigenvalue weighted by atomic mass is 9.80. The highest BCUT2D eigenvalue weighted by Gasteiger charge is 2.24. The molecule has 11 aromatic carbocycles. The summed E-state index contributed by atoms with van der Waals surface area (Å²) < 4.78 is 0. The van der Waals surface area contributed by atoms with E-state index in [9.17, 15) is 68.7 Å². The van der Waals surface area contributed by atoms with E-state index < -0.39 is 0 Å². The lowest BCUT2D eigenvalue weighted by molar-refractivity contribution is 0.419. The molecule has 9 N–H and O–H groups in total. The van der Waals surface area contributed by atoms with E-state index >= 15 is 0 Å². The van der Waals surface area contributed by atoms with E-state index in [4.69, 9.17) is 20.4 Å². The van der Waals surface area contributed by atoms with Crippen LogP contribution in [0.3, 0.4) is 0 Å². The van der Waals surface area contributed by atoms with Gasteiger partial charge < -0.3 is 46.0 Å². The summed E-state index contributed by atoms with van der Waals surface area (Å²) in [6.45, 7) is 12.4. The van der Waals surface area contributed by atoms with Crippen molar-refractivity contribution < 1.29 is 46.0 Å². The maximum Gasteiger partial charge on any atom is 0.220 e. The summed E-state index contributed by atoms with van der Waals surface area (Å²) in [5.74, 6) is 1.18. The van der Waals surface area contributed by atoms with Crippen molar-refractivity contribution in [3.8, 4) is 74.0 Å². The zero-order chi connectivity index (χ0) is 96.4. The second-order valence-corrected chi connectivity index (χ2v) is 34.8. The minimum absolute atomic E-state index is 0.156. The van der Waals surface area contributed by atoms with Crippen molar-refractivity contribution in [1.82, 2.24) is 0 Å². The summed E-state index contributed by atoms with van der Waals surface area (Å²) in [4.78, 5) is 102. The smallest absolute Gasteiger partial charge is 0.220 e. The fourth-order valence-corrected chi connectivity index (χ4v) is 15.3. The third-order valence-electron chi connectivity index (χ3n) is 24.0. The van der Waals surface area contributed by atoms with Crippen LogP contribution in [-0.4, -0.2) is 46.0 Å². The molecule has 0 aromatic heterocycles. The van der Waals surface area contributed by atoms with Crippen LogP contribution in [-0.2, 0) is 6.42 Å². The van der Waals surface area contributed by atoms with E-state index in [1.165, 1.54) is 251 Å². The van der Waals surface area contributed by atoms with Crippen LogP contribution in [0.2, 0.25) is 0 Å². The number of hydrogen-bond acceptors (Lipinski definition) is 18. The molecule has 702 valence electrons. The fraction of sp³-hybridized carbons (Fsp3) is 0.348. The Morgan fingerprint density at radius 2 is 0.526 bits per heavy atom. The van der Waals surface area contributed by atoms with Crippen molar-refractivity contribution in [1.29, 1.82) is 0 Å². The second kappa shape index (κ2) is 58.4. The molecule has 18 heteroatoms. The number of benzene rings is 2. The van der Waals surface area contributed by atoms with Crippen molar-refractivity contribution in [3.63, 3.8) is 0 Å². The number of hydrogen-bond donors (Lipinski definition) is 9. The molecule has 11 aromatic rings. The van der Waals surface area contributed by atoms with Crippen LogP contribution in [0.25, 0.3) is 22.3 Å². The minimum Gasteiger partial charge on any atom is -0.504 e. The molecule has 15 rings (SSSR count). The van der Waals surface area contributed by atoms with Gasteiger partial charge in [0.15, 0.2) is 51.7 Å². The van der Waals surface area contributed by atoms with Gasteiger partial charge >= 0.3 is 0 Å². The molecule has 0 spiro atoms. The summed E-state index contributed by atoms with van der Waals surface area (Å²) in [6, 6.07) is 76.5. The third-order valence-corrected chi connectivity index (χ3v) is 24.0. The van der Waals surface area contributed by atoms with E-state index in [-0.39, 0.29) is 101 Å².